The molecular weight excluding hydrogens is 248 g/mol. The topological polar surface area (TPSA) is 79.5 Å². The quantitative estimate of drug-likeness (QED) is 0.825. The Morgan fingerprint density at radius 2 is 2.22 bits per heavy atom. The summed E-state index contributed by atoms with van der Waals surface area (Å²) >= 11 is 0. The molecule has 5 nitrogen and oxygen atoms in total. The minimum atomic E-state index is -3.08. The predicted molar refractivity (Wildman–Crippen MR) is 55.1 cm³/mol. The van der Waals surface area contributed by atoms with Crippen LogP contribution in [0.25, 0.3) is 0 Å². The smallest absolute Gasteiger partial charge is 0.387 e. The molecule has 0 aliphatic rings. The van der Waals surface area contributed by atoms with Crippen LogP contribution in [0.15, 0.2) is 12.1 Å². The van der Waals surface area contributed by atoms with Crippen LogP contribution in [0.5, 0.6) is 5.75 Å². The number of benzene rings is 1. The number of carbonyl (C=O) groups excluding carboxylic acids is 1. The monoisotopic (exact) mass is 257 g/mol. The van der Waals surface area contributed by atoms with Crippen LogP contribution in [0.1, 0.15) is 21.5 Å². The van der Waals surface area contributed by atoms with Gasteiger partial charge in [0.2, 0.25) is 0 Å². The Morgan fingerprint density at radius 3 is 2.67 bits per heavy atom. The second-order valence-electron chi connectivity index (χ2n) is 3.14. The molecule has 0 spiro atoms. The Morgan fingerprint density at radius 1 is 1.56 bits per heavy atom. The lowest BCUT2D eigenvalue weighted by Gasteiger charge is -2.11. The van der Waals surface area contributed by atoms with Crippen LogP contribution < -0.4 is 4.74 Å². The molecule has 0 unspecified atom stereocenters. The van der Waals surface area contributed by atoms with E-state index in [0.717, 1.165) is 19.2 Å². The number of aliphatic hydroxyl groups excluding tert-OH is 1. The van der Waals surface area contributed by atoms with E-state index >= 15 is 0 Å². The largest absolute Gasteiger partial charge is 0.465 e. The minimum Gasteiger partial charge on any atom is -0.465 e. The van der Waals surface area contributed by atoms with Gasteiger partial charge in [0.05, 0.1) is 30.9 Å². The van der Waals surface area contributed by atoms with Crippen molar-refractivity contribution >= 4 is 5.97 Å². The van der Waals surface area contributed by atoms with Gasteiger partial charge in [0.25, 0.3) is 0 Å². The molecule has 0 fully saturated rings. The highest BCUT2D eigenvalue weighted by Gasteiger charge is 2.18. The summed E-state index contributed by atoms with van der Waals surface area (Å²) in [4.78, 5) is 11.4. The average Bonchev–Trinajstić information content (AvgIpc) is 2.35. The number of hydrogen-bond donors (Lipinski definition) is 1. The van der Waals surface area contributed by atoms with Crippen molar-refractivity contribution in [1.82, 2.24) is 0 Å². The second-order valence-corrected chi connectivity index (χ2v) is 3.14. The third-order valence-corrected chi connectivity index (χ3v) is 2.13. The number of nitrogens with zero attached hydrogens (tertiary/aromatic N) is 1. The van der Waals surface area contributed by atoms with Gasteiger partial charge >= 0.3 is 12.6 Å². The fraction of sp³-hybridized carbons (Fsp3) is 0.273. The number of aliphatic hydroxyl groups is 1. The Bertz CT molecular complexity index is 497. The normalized spacial score (nSPS) is 10.0. The molecule has 18 heavy (non-hydrogen) atoms. The van der Waals surface area contributed by atoms with Gasteiger partial charge in [-0.15, -0.1) is 0 Å². The molecular formula is C11H9F2NO4. The van der Waals surface area contributed by atoms with Crippen molar-refractivity contribution in [3.8, 4) is 11.8 Å². The number of carbonyl (C=O) groups is 1. The first kappa shape index (κ1) is 13.9. The number of esters is 1. The highest BCUT2D eigenvalue weighted by Crippen LogP contribution is 2.24. The predicted octanol–water partition coefficient (Wildman–Crippen LogP) is 1.44. The van der Waals surface area contributed by atoms with E-state index in [2.05, 4.69) is 9.47 Å². The Kier molecular flexibility index (Phi) is 4.57. The van der Waals surface area contributed by atoms with E-state index in [9.17, 15) is 13.6 Å². The highest BCUT2D eigenvalue weighted by molar-refractivity contribution is 5.92. The van der Waals surface area contributed by atoms with Crippen molar-refractivity contribution in [1.29, 1.82) is 5.26 Å². The van der Waals surface area contributed by atoms with E-state index in [1.165, 1.54) is 0 Å². The fourth-order valence-corrected chi connectivity index (χ4v) is 1.38. The van der Waals surface area contributed by atoms with Crippen LogP contribution >= 0.6 is 0 Å². The van der Waals surface area contributed by atoms with Crippen LogP contribution in [0, 0.1) is 11.3 Å². The summed E-state index contributed by atoms with van der Waals surface area (Å²) in [6.45, 7) is -3.68. The zero-order valence-electron chi connectivity index (χ0n) is 9.31. The van der Waals surface area contributed by atoms with E-state index < -0.39 is 19.2 Å². The third kappa shape index (κ3) is 2.93. The van der Waals surface area contributed by atoms with Crippen molar-refractivity contribution in [2.45, 2.75) is 13.2 Å². The summed E-state index contributed by atoms with van der Waals surface area (Å²) in [5.41, 5.74) is -0.309. The Balaban J connectivity index is 3.37. The molecule has 0 aromatic heterocycles. The number of hydrogen-bond acceptors (Lipinski definition) is 5. The molecule has 1 aromatic rings. The average molecular weight is 257 g/mol. The van der Waals surface area contributed by atoms with E-state index in [1.807, 2.05) is 0 Å². The molecule has 1 aromatic carbocycles. The van der Waals surface area contributed by atoms with Crippen molar-refractivity contribution in [2.24, 2.45) is 0 Å². The lowest BCUT2D eigenvalue weighted by molar-refractivity contribution is -0.0499. The maximum Gasteiger partial charge on any atom is 0.387 e. The molecule has 0 amide bonds. The number of rotatable bonds is 4. The molecule has 0 radical (unpaired) electrons. The molecule has 0 aliphatic heterocycles. The molecule has 7 heteroatoms. The first-order valence-corrected chi connectivity index (χ1v) is 4.74. The van der Waals surface area contributed by atoms with Crippen LogP contribution in [-0.4, -0.2) is 24.8 Å². The zero-order valence-corrected chi connectivity index (χ0v) is 9.31. The molecule has 0 saturated carbocycles. The van der Waals surface area contributed by atoms with E-state index in [1.54, 1.807) is 6.07 Å². The number of alkyl halides is 2. The van der Waals surface area contributed by atoms with Gasteiger partial charge in [0.1, 0.15) is 5.75 Å². The maximum atomic E-state index is 12.1. The first-order chi connectivity index (χ1) is 8.53. The summed E-state index contributed by atoms with van der Waals surface area (Å²) in [5.74, 6) is -1.20. The molecule has 1 rings (SSSR count). The lowest BCUT2D eigenvalue weighted by Crippen LogP contribution is -2.10. The van der Waals surface area contributed by atoms with Gasteiger partial charge in [0, 0.05) is 5.56 Å². The maximum absolute atomic E-state index is 12.1. The Hall–Kier alpha value is -2.20. The standard InChI is InChI=1S/C11H9F2NO4/c1-17-10(16)8-3-7(18-11(12)13)2-6(4-14)9(8)5-15/h2-3,11,15H,5H2,1H3. The van der Waals surface area contributed by atoms with Gasteiger partial charge in [0.15, 0.2) is 0 Å². The molecule has 0 heterocycles. The van der Waals surface area contributed by atoms with Crippen LogP contribution in [0.2, 0.25) is 0 Å². The number of methoxy groups -OCH3 is 1. The van der Waals surface area contributed by atoms with Gasteiger partial charge in [-0.2, -0.15) is 14.0 Å². The zero-order chi connectivity index (χ0) is 13.7. The molecule has 0 aliphatic carbocycles. The van der Waals surface area contributed by atoms with Crippen LogP contribution in [0.4, 0.5) is 8.78 Å². The van der Waals surface area contributed by atoms with Crippen molar-refractivity contribution < 1.29 is 28.2 Å². The summed E-state index contributed by atoms with van der Waals surface area (Å²) in [7, 11) is 1.09. The van der Waals surface area contributed by atoms with Gasteiger partial charge in [-0.3, -0.25) is 0 Å². The van der Waals surface area contributed by atoms with E-state index in [0.29, 0.717) is 0 Å². The van der Waals surface area contributed by atoms with Gasteiger partial charge in [-0.1, -0.05) is 0 Å². The molecule has 0 bridgehead atoms. The fourth-order valence-electron chi connectivity index (χ4n) is 1.38. The second kappa shape index (κ2) is 5.93. The lowest BCUT2D eigenvalue weighted by atomic mass is 10.0. The number of nitriles is 1. The summed E-state index contributed by atoms with van der Waals surface area (Å²) in [6, 6.07) is 3.70. The molecule has 1 N–H and O–H groups in total. The van der Waals surface area contributed by atoms with Gasteiger partial charge in [-0.25, -0.2) is 4.79 Å². The van der Waals surface area contributed by atoms with Crippen molar-refractivity contribution in [3.05, 3.63) is 28.8 Å². The minimum absolute atomic E-state index is 0.00552. The highest BCUT2D eigenvalue weighted by atomic mass is 19.3. The summed E-state index contributed by atoms with van der Waals surface area (Å²) in [5, 5.41) is 17.9. The molecule has 0 atom stereocenters. The van der Waals surface area contributed by atoms with Crippen LogP contribution in [-0.2, 0) is 11.3 Å². The molecule has 96 valence electrons. The van der Waals surface area contributed by atoms with Crippen molar-refractivity contribution in [2.75, 3.05) is 7.11 Å². The van der Waals surface area contributed by atoms with Gasteiger partial charge < -0.3 is 14.6 Å². The summed E-state index contributed by atoms with van der Waals surface area (Å²) < 4.78 is 32.7. The third-order valence-electron chi connectivity index (χ3n) is 2.13. The van der Waals surface area contributed by atoms with Crippen molar-refractivity contribution in [3.63, 3.8) is 0 Å². The first-order valence-electron chi connectivity index (χ1n) is 4.74. The SMILES string of the molecule is COC(=O)c1cc(OC(F)F)cc(C#N)c1CO. The van der Waals surface area contributed by atoms with E-state index in [4.69, 9.17) is 10.4 Å². The van der Waals surface area contributed by atoms with Gasteiger partial charge in [-0.05, 0) is 12.1 Å². The molecule has 0 saturated heterocycles. The number of ether oxygens (including phenoxy) is 2. The van der Waals surface area contributed by atoms with E-state index in [-0.39, 0.29) is 22.4 Å². The summed E-state index contributed by atoms with van der Waals surface area (Å²) in [6.07, 6.45) is 0. The number of halogens is 2. The Labute approximate surface area is 101 Å². The van der Waals surface area contributed by atoms with Crippen LogP contribution in [0.3, 0.4) is 0 Å².